The van der Waals surface area contributed by atoms with Crippen molar-refractivity contribution < 1.29 is 28.5 Å². The molecule has 1 aliphatic rings. The Morgan fingerprint density at radius 1 is 0.879 bits per heavy atom. The first kappa shape index (κ1) is 22.8. The second kappa shape index (κ2) is 10.0. The molecule has 4 rings (SSSR count). The van der Waals surface area contributed by atoms with Gasteiger partial charge in [0.15, 0.2) is 0 Å². The summed E-state index contributed by atoms with van der Waals surface area (Å²) < 4.78 is 25.0. The van der Waals surface area contributed by atoms with E-state index in [1.54, 1.807) is 60.7 Å². The Bertz CT molecular complexity index is 1100. The molecule has 8 heteroatoms. The van der Waals surface area contributed by atoms with Crippen LogP contribution in [0.5, 0.6) is 0 Å². The van der Waals surface area contributed by atoms with Gasteiger partial charge in [-0.2, -0.15) is 0 Å². The summed E-state index contributed by atoms with van der Waals surface area (Å²) in [4.78, 5) is 27.0. The maximum Gasteiger partial charge on any atom is 0.410 e. The summed E-state index contributed by atoms with van der Waals surface area (Å²) in [5, 5.41) is 10.9. The Balaban J connectivity index is 1.54. The van der Waals surface area contributed by atoms with Crippen molar-refractivity contribution in [3.05, 3.63) is 96.6 Å². The number of hydrogen-bond donors (Lipinski definition) is 1. The average Bonchev–Trinajstić information content (AvgIpc) is 3.26. The van der Waals surface area contributed by atoms with Gasteiger partial charge in [-0.15, -0.1) is 0 Å². The third kappa shape index (κ3) is 5.16. The van der Waals surface area contributed by atoms with Crippen LogP contribution in [0.3, 0.4) is 0 Å². The molecule has 1 fully saturated rings. The highest BCUT2D eigenvalue weighted by Gasteiger charge is 2.44. The number of β-amino-alcohol motifs (C(OH)–C–C–N with tert-alkyl or cyclic N) is 1. The smallest absolute Gasteiger partial charge is 0.410 e. The summed E-state index contributed by atoms with van der Waals surface area (Å²) in [6.07, 6.45) is -1.69. The van der Waals surface area contributed by atoms with Crippen LogP contribution in [0.15, 0.2) is 91.0 Å². The predicted molar refractivity (Wildman–Crippen MR) is 124 cm³/mol. The summed E-state index contributed by atoms with van der Waals surface area (Å²) in [7, 11) is -3.78. The third-order valence-corrected chi connectivity index (χ3v) is 7.79. The van der Waals surface area contributed by atoms with E-state index in [1.165, 1.54) is 0 Å². The molecule has 0 spiro atoms. The van der Waals surface area contributed by atoms with Crippen LogP contribution in [0, 0.1) is 0 Å². The van der Waals surface area contributed by atoms with Crippen LogP contribution >= 0.6 is 7.37 Å². The predicted octanol–water partition coefficient (Wildman–Crippen LogP) is 3.23. The number of nitrogens with zero attached hydrogens (tertiary/aromatic N) is 1. The number of carbonyl (C=O) groups is 2. The van der Waals surface area contributed by atoms with Gasteiger partial charge in [-0.05, 0) is 29.8 Å². The van der Waals surface area contributed by atoms with E-state index in [0.717, 1.165) is 10.5 Å². The minimum absolute atomic E-state index is 0.0250. The second-order valence-corrected chi connectivity index (χ2v) is 10.0. The fourth-order valence-corrected chi connectivity index (χ4v) is 5.75. The van der Waals surface area contributed by atoms with E-state index in [4.69, 9.17) is 9.26 Å². The first-order valence-corrected chi connectivity index (χ1v) is 12.2. The van der Waals surface area contributed by atoms with Crippen molar-refractivity contribution in [2.45, 2.75) is 25.2 Å². The molecule has 1 amide bonds. The zero-order valence-corrected chi connectivity index (χ0v) is 18.7. The fraction of sp³-hybridized carbons (Fsp3) is 0.200. The van der Waals surface area contributed by atoms with Crippen molar-refractivity contribution in [2.24, 2.45) is 0 Å². The van der Waals surface area contributed by atoms with Crippen molar-refractivity contribution in [2.75, 3.05) is 6.54 Å². The molecule has 1 aliphatic heterocycles. The topological polar surface area (TPSA) is 93.1 Å². The molecule has 1 N–H and O–H groups in total. The van der Waals surface area contributed by atoms with Crippen molar-refractivity contribution in [3.63, 3.8) is 0 Å². The van der Waals surface area contributed by atoms with Gasteiger partial charge >= 0.3 is 19.4 Å². The Labute approximate surface area is 192 Å². The highest BCUT2D eigenvalue weighted by atomic mass is 31.2. The molecule has 3 aromatic rings. The van der Waals surface area contributed by atoms with Gasteiger partial charge in [-0.25, -0.2) is 9.59 Å². The van der Waals surface area contributed by atoms with E-state index < -0.39 is 31.6 Å². The second-order valence-electron chi connectivity index (χ2n) is 7.73. The molecule has 1 heterocycles. The lowest BCUT2D eigenvalue weighted by molar-refractivity contribution is -0.138. The van der Waals surface area contributed by atoms with Gasteiger partial charge in [0.05, 0.1) is 23.3 Å². The molecule has 0 bridgehead atoms. The largest absolute Gasteiger partial charge is 0.445 e. The average molecular weight is 465 g/mol. The summed E-state index contributed by atoms with van der Waals surface area (Å²) in [6.45, 7) is -0.0467. The SMILES string of the molecule is O=C(OP(=O)(c1ccccc1)c1ccccc1)C1CC(O)CN1C(=O)OCc1ccccc1. The number of amides is 1. The molecule has 0 aromatic heterocycles. The van der Waals surface area contributed by atoms with Crippen molar-refractivity contribution in [1.29, 1.82) is 0 Å². The standard InChI is InChI=1S/C25H24NO6P/c27-20-16-23(26(17-20)25(29)31-18-19-10-4-1-5-11-19)24(28)32-33(30,21-12-6-2-7-13-21)22-14-8-3-9-15-22/h1-15,20,23,27H,16-18H2. The Kier molecular flexibility index (Phi) is 6.92. The van der Waals surface area contributed by atoms with Crippen LogP contribution in [0.25, 0.3) is 0 Å². The molecule has 170 valence electrons. The van der Waals surface area contributed by atoms with Crippen LogP contribution in [-0.2, 0) is 25.2 Å². The summed E-state index contributed by atoms with van der Waals surface area (Å²) in [5.74, 6) is -0.848. The van der Waals surface area contributed by atoms with E-state index in [2.05, 4.69) is 0 Å². The lowest BCUT2D eigenvalue weighted by Gasteiger charge is -2.25. The molecule has 0 aliphatic carbocycles. The lowest BCUT2D eigenvalue weighted by atomic mass is 10.2. The van der Waals surface area contributed by atoms with Gasteiger partial charge < -0.3 is 14.4 Å². The lowest BCUT2D eigenvalue weighted by Crippen LogP contribution is -2.42. The van der Waals surface area contributed by atoms with E-state index in [1.807, 2.05) is 30.3 Å². The maximum absolute atomic E-state index is 14.0. The minimum Gasteiger partial charge on any atom is -0.445 e. The first-order valence-electron chi connectivity index (χ1n) is 10.6. The monoisotopic (exact) mass is 465 g/mol. The van der Waals surface area contributed by atoms with Crippen LogP contribution in [-0.4, -0.2) is 40.8 Å². The zero-order valence-electron chi connectivity index (χ0n) is 17.8. The molecule has 7 nitrogen and oxygen atoms in total. The fourth-order valence-electron chi connectivity index (χ4n) is 3.73. The zero-order chi connectivity index (χ0) is 23.3. The van der Waals surface area contributed by atoms with Crippen LogP contribution in [0.4, 0.5) is 4.79 Å². The molecule has 2 unspecified atom stereocenters. The Morgan fingerprint density at radius 3 is 1.94 bits per heavy atom. The first-order chi connectivity index (χ1) is 16.0. The van der Waals surface area contributed by atoms with Crippen LogP contribution in [0.2, 0.25) is 0 Å². The molecular weight excluding hydrogens is 441 g/mol. The molecule has 0 saturated carbocycles. The van der Waals surface area contributed by atoms with Gasteiger partial charge in [-0.3, -0.25) is 9.46 Å². The van der Waals surface area contributed by atoms with Crippen molar-refractivity contribution in [1.82, 2.24) is 4.90 Å². The van der Waals surface area contributed by atoms with Gasteiger partial charge in [0.25, 0.3) is 0 Å². The number of likely N-dealkylation sites (tertiary alicyclic amines) is 1. The van der Waals surface area contributed by atoms with Crippen molar-refractivity contribution >= 4 is 30.0 Å². The number of carbonyl (C=O) groups excluding carboxylic acids is 2. The van der Waals surface area contributed by atoms with Crippen LogP contribution < -0.4 is 10.6 Å². The van der Waals surface area contributed by atoms with Gasteiger partial charge in [0.1, 0.15) is 12.6 Å². The maximum atomic E-state index is 14.0. The normalized spacial score (nSPS) is 18.0. The quantitative estimate of drug-likeness (QED) is 0.562. The van der Waals surface area contributed by atoms with Gasteiger partial charge in [0, 0.05) is 6.42 Å². The van der Waals surface area contributed by atoms with Crippen molar-refractivity contribution in [3.8, 4) is 0 Å². The summed E-state index contributed by atoms with van der Waals surface area (Å²) in [6, 6.07) is 25.0. The Morgan fingerprint density at radius 2 is 1.39 bits per heavy atom. The Hall–Kier alpha value is -3.41. The third-order valence-electron chi connectivity index (χ3n) is 5.40. The van der Waals surface area contributed by atoms with Gasteiger partial charge in [0.2, 0.25) is 0 Å². The van der Waals surface area contributed by atoms with E-state index >= 15 is 0 Å². The number of rotatable bonds is 6. The summed E-state index contributed by atoms with van der Waals surface area (Å²) >= 11 is 0. The minimum atomic E-state index is -3.78. The molecule has 3 aromatic carbocycles. The highest BCUT2D eigenvalue weighted by Crippen LogP contribution is 2.45. The molecule has 0 radical (unpaired) electrons. The van der Waals surface area contributed by atoms with Gasteiger partial charge in [-0.1, -0.05) is 66.7 Å². The number of aliphatic hydroxyl groups is 1. The van der Waals surface area contributed by atoms with Crippen LogP contribution in [0.1, 0.15) is 12.0 Å². The number of ether oxygens (including phenoxy) is 1. The number of aliphatic hydroxyl groups excluding tert-OH is 1. The molecule has 1 saturated heterocycles. The molecule has 33 heavy (non-hydrogen) atoms. The number of hydrogen-bond acceptors (Lipinski definition) is 6. The molecular formula is C25H24NO6P. The van der Waals surface area contributed by atoms with E-state index in [-0.39, 0.29) is 19.6 Å². The highest BCUT2D eigenvalue weighted by molar-refractivity contribution is 7.74. The number of benzene rings is 3. The molecule has 2 atom stereocenters. The van der Waals surface area contributed by atoms with E-state index in [0.29, 0.717) is 10.6 Å². The van der Waals surface area contributed by atoms with E-state index in [9.17, 15) is 19.3 Å². The summed E-state index contributed by atoms with van der Waals surface area (Å²) in [5.41, 5.74) is 0.794.